The number of hydrogen-bond donors (Lipinski definition) is 1. The fourth-order valence-corrected chi connectivity index (χ4v) is 5.54. The van der Waals surface area contributed by atoms with Crippen molar-refractivity contribution in [3.05, 3.63) is 59.0 Å². The highest BCUT2D eigenvalue weighted by Crippen LogP contribution is 2.30. The highest BCUT2D eigenvalue weighted by atomic mass is 32.2. The molecule has 4 aromatic rings. The van der Waals surface area contributed by atoms with Gasteiger partial charge in [0.2, 0.25) is 10.0 Å². The molecule has 0 amide bonds. The topological polar surface area (TPSA) is 141 Å². The molecule has 12 heteroatoms. The number of aliphatic imine (C=N–C) groups is 1. The number of pyridine rings is 3. The first kappa shape index (κ1) is 23.8. The number of nitrogens with two attached hydrogens (primary N) is 1. The molecule has 1 aliphatic rings. The van der Waals surface area contributed by atoms with Crippen molar-refractivity contribution < 1.29 is 8.42 Å². The maximum atomic E-state index is 13.3. The van der Waals surface area contributed by atoms with E-state index in [4.69, 9.17) is 10.7 Å². The van der Waals surface area contributed by atoms with Gasteiger partial charge in [0.1, 0.15) is 5.52 Å². The standard InChI is InChI=1S/C24H26N8O3S/c1-26-11-16(10-25)18-5-4-15(12-27-18)19-6-7-20-22(29-19)23-21(13-28-20)30(2)24(33)32(23)17-8-9-31(14-17)36(3,34)35/h4-7,10-13,17H,8-9,14,25H2,1-3H3. The lowest BCUT2D eigenvalue weighted by atomic mass is 10.1. The lowest BCUT2D eigenvalue weighted by molar-refractivity contribution is 0.454. The molecule has 1 unspecified atom stereocenters. The summed E-state index contributed by atoms with van der Waals surface area (Å²) >= 11 is 0. The van der Waals surface area contributed by atoms with Crippen molar-refractivity contribution in [3.63, 3.8) is 0 Å². The van der Waals surface area contributed by atoms with Gasteiger partial charge in [-0.2, -0.15) is 0 Å². The van der Waals surface area contributed by atoms with Gasteiger partial charge in [-0.1, -0.05) is 0 Å². The second-order valence-corrected chi connectivity index (χ2v) is 10.8. The van der Waals surface area contributed by atoms with Gasteiger partial charge in [0.15, 0.2) is 0 Å². The Morgan fingerprint density at radius 1 is 1.19 bits per heavy atom. The van der Waals surface area contributed by atoms with E-state index in [9.17, 15) is 13.2 Å². The number of nitrogens with zero attached hydrogens (tertiary/aromatic N) is 7. The Balaban J connectivity index is 1.64. The highest BCUT2D eigenvalue weighted by molar-refractivity contribution is 7.88. The van der Waals surface area contributed by atoms with Crippen LogP contribution in [-0.2, 0) is 17.1 Å². The average molecular weight is 507 g/mol. The Labute approximate surface area is 207 Å². The summed E-state index contributed by atoms with van der Waals surface area (Å²) in [6.45, 7) is 0.610. The minimum Gasteiger partial charge on any atom is -0.404 e. The molecule has 0 radical (unpaired) electrons. The second kappa shape index (κ2) is 8.95. The predicted octanol–water partition coefficient (Wildman–Crippen LogP) is 1.55. The molecule has 0 saturated carbocycles. The first-order chi connectivity index (χ1) is 17.2. The number of allylic oxidation sites excluding steroid dienone is 1. The number of hydrogen-bond acceptors (Lipinski definition) is 8. The summed E-state index contributed by atoms with van der Waals surface area (Å²) in [7, 11) is 0.00567. The molecule has 0 aliphatic carbocycles. The molecular formula is C24H26N8O3S. The summed E-state index contributed by atoms with van der Waals surface area (Å²) in [5.74, 6) is 0. The van der Waals surface area contributed by atoms with E-state index >= 15 is 0 Å². The van der Waals surface area contributed by atoms with Gasteiger partial charge in [0.05, 0.1) is 46.4 Å². The van der Waals surface area contributed by atoms with E-state index in [1.807, 2.05) is 24.3 Å². The maximum Gasteiger partial charge on any atom is 0.329 e. The van der Waals surface area contributed by atoms with Crippen LogP contribution >= 0.6 is 0 Å². The summed E-state index contributed by atoms with van der Waals surface area (Å²) in [4.78, 5) is 31.2. The van der Waals surface area contributed by atoms with Crippen LogP contribution in [0.15, 0.2) is 52.6 Å². The van der Waals surface area contributed by atoms with Gasteiger partial charge in [0.25, 0.3) is 0 Å². The fraction of sp³-hybridized carbons (Fsp3) is 0.292. The molecule has 11 nitrogen and oxygen atoms in total. The first-order valence-corrected chi connectivity index (χ1v) is 13.2. The number of sulfonamides is 1. The predicted molar refractivity (Wildman–Crippen MR) is 140 cm³/mol. The summed E-state index contributed by atoms with van der Waals surface area (Å²) < 4.78 is 28.8. The van der Waals surface area contributed by atoms with Gasteiger partial charge in [0, 0.05) is 56.9 Å². The van der Waals surface area contributed by atoms with Crippen LogP contribution in [0, 0.1) is 0 Å². The summed E-state index contributed by atoms with van der Waals surface area (Å²) in [5.41, 5.74) is 10.8. The van der Waals surface area contributed by atoms with Crippen molar-refractivity contribution in [2.75, 3.05) is 26.4 Å². The largest absolute Gasteiger partial charge is 0.404 e. The summed E-state index contributed by atoms with van der Waals surface area (Å²) in [6, 6.07) is 7.17. The van der Waals surface area contributed by atoms with Crippen LogP contribution in [0.1, 0.15) is 18.2 Å². The van der Waals surface area contributed by atoms with Gasteiger partial charge in [-0.05, 0) is 30.7 Å². The van der Waals surface area contributed by atoms with E-state index < -0.39 is 10.0 Å². The van der Waals surface area contributed by atoms with Crippen LogP contribution in [0.2, 0.25) is 0 Å². The molecule has 0 aromatic carbocycles. The van der Waals surface area contributed by atoms with Crippen molar-refractivity contribution in [1.29, 1.82) is 0 Å². The Bertz CT molecular complexity index is 1700. The minimum atomic E-state index is -3.35. The molecule has 186 valence electrons. The van der Waals surface area contributed by atoms with Crippen molar-refractivity contribution in [2.24, 2.45) is 17.8 Å². The first-order valence-electron chi connectivity index (χ1n) is 11.4. The second-order valence-electron chi connectivity index (χ2n) is 8.77. The Morgan fingerprint density at radius 3 is 2.64 bits per heavy atom. The summed E-state index contributed by atoms with van der Waals surface area (Å²) in [6.07, 6.45) is 8.19. The van der Waals surface area contributed by atoms with E-state index in [1.165, 1.54) is 21.3 Å². The number of rotatable bonds is 5. The number of fused-ring (bicyclic) bond motifs is 3. The molecule has 36 heavy (non-hydrogen) atoms. The zero-order valence-electron chi connectivity index (χ0n) is 20.2. The molecule has 1 saturated heterocycles. The van der Waals surface area contributed by atoms with Crippen molar-refractivity contribution in [2.45, 2.75) is 12.5 Å². The monoisotopic (exact) mass is 506 g/mol. The SMILES string of the molecule is CN=CC(=CN)c1ccc(-c2ccc3ncc4c(c3n2)n(C2CCN(S(C)(=O)=O)C2)c(=O)n4C)cn1. The number of aryl methyl sites for hydroxylation is 1. The third kappa shape index (κ3) is 3.97. The minimum absolute atomic E-state index is 0.225. The molecular weight excluding hydrogens is 480 g/mol. The fourth-order valence-electron chi connectivity index (χ4n) is 4.66. The van der Waals surface area contributed by atoms with E-state index in [-0.39, 0.29) is 18.3 Å². The molecule has 0 bridgehead atoms. The Hall–Kier alpha value is -3.90. The lowest BCUT2D eigenvalue weighted by Crippen LogP contribution is -2.31. The Kier molecular flexibility index (Phi) is 5.92. The van der Waals surface area contributed by atoms with Crippen molar-refractivity contribution in [1.82, 2.24) is 28.4 Å². The number of imidazole rings is 1. The molecule has 1 atom stereocenters. The van der Waals surface area contributed by atoms with Gasteiger partial charge in [-0.25, -0.2) is 22.5 Å². The van der Waals surface area contributed by atoms with Crippen LogP contribution in [0.4, 0.5) is 0 Å². The zero-order valence-corrected chi connectivity index (χ0v) is 21.0. The molecule has 1 fully saturated rings. The zero-order chi connectivity index (χ0) is 25.6. The van der Waals surface area contributed by atoms with E-state index in [0.717, 1.165) is 5.56 Å². The number of aromatic nitrogens is 5. The van der Waals surface area contributed by atoms with Gasteiger partial charge in [-0.3, -0.25) is 24.1 Å². The normalized spacial score (nSPS) is 17.6. The van der Waals surface area contributed by atoms with Crippen LogP contribution in [0.3, 0.4) is 0 Å². The van der Waals surface area contributed by atoms with Crippen LogP contribution < -0.4 is 11.4 Å². The van der Waals surface area contributed by atoms with Crippen molar-refractivity contribution >= 4 is 43.9 Å². The van der Waals surface area contributed by atoms with E-state index in [0.29, 0.717) is 52.0 Å². The van der Waals surface area contributed by atoms with Crippen LogP contribution in [-0.4, -0.2) is 69.4 Å². The van der Waals surface area contributed by atoms with E-state index in [1.54, 1.807) is 37.3 Å². The highest BCUT2D eigenvalue weighted by Gasteiger charge is 2.32. The molecule has 0 spiro atoms. The Morgan fingerprint density at radius 2 is 2.00 bits per heavy atom. The van der Waals surface area contributed by atoms with Gasteiger partial charge in [-0.15, -0.1) is 0 Å². The van der Waals surface area contributed by atoms with Crippen LogP contribution in [0.5, 0.6) is 0 Å². The lowest BCUT2D eigenvalue weighted by Gasteiger charge is -2.15. The maximum absolute atomic E-state index is 13.3. The molecule has 2 N–H and O–H groups in total. The van der Waals surface area contributed by atoms with E-state index in [2.05, 4.69) is 15.0 Å². The molecule has 5 heterocycles. The quantitative estimate of drug-likeness (QED) is 0.405. The van der Waals surface area contributed by atoms with Crippen molar-refractivity contribution in [3.8, 4) is 11.3 Å². The third-order valence-electron chi connectivity index (χ3n) is 6.53. The average Bonchev–Trinajstić information content (AvgIpc) is 3.46. The smallest absolute Gasteiger partial charge is 0.329 e. The molecule has 5 rings (SSSR count). The van der Waals surface area contributed by atoms with Gasteiger partial charge < -0.3 is 5.73 Å². The molecule has 4 aromatic heterocycles. The molecule has 1 aliphatic heterocycles. The summed E-state index contributed by atoms with van der Waals surface area (Å²) in [5, 5.41) is 0. The third-order valence-corrected chi connectivity index (χ3v) is 7.79. The van der Waals surface area contributed by atoms with Gasteiger partial charge >= 0.3 is 5.69 Å². The van der Waals surface area contributed by atoms with Crippen LogP contribution in [0.25, 0.3) is 38.9 Å².